The molecule has 1 saturated heterocycles. The van der Waals surface area contributed by atoms with Crippen LogP contribution in [0, 0.1) is 5.92 Å². The van der Waals surface area contributed by atoms with Gasteiger partial charge in [0.05, 0.1) is 10.9 Å². The number of nitrogens with zero attached hydrogens (tertiary/aromatic N) is 1. The van der Waals surface area contributed by atoms with Gasteiger partial charge < -0.3 is 15.5 Å². The Morgan fingerprint density at radius 3 is 3.09 bits per heavy atom. The molecule has 6 heteroatoms. The van der Waals surface area contributed by atoms with Crippen LogP contribution in [0.1, 0.15) is 23.7 Å². The Morgan fingerprint density at radius 2 is 2.32 bits per heavy atom. The molecule has 0 aromatic heterocycles. The SMILES string of the molecule is CNCC1CCN(C(=O)c2ccc3c(c2)NC(=O)C(C)S3)C1. The Kier molecular flexibility index (Phi) is 4.40. The predicted molar refractivity (Wildman–Crippen MR) is 88.3 cm³/mol. The van der Waals surface area contributed by atoms with Crippen LogP contribution in [0.25, 0.3) is 0 Å². The van der Waals surface area contributed by atoms with Crippen LogP contribution < -0.4 is 10.6 Å². The Labute approximate surface area is 134 Å². The fourth-order valence-corrected chi connectivity index (χ4v) is 3.93. The van der Waals surface area contributed by atoms with Crippen LogP contribution in [0.5, 0.6) is 0 Å². The second kappa shape index (κ2) is 6.30. The lowest BCUT2D eigenvalue weighted by Crippen LogP contribution is -2.31. The van der Waals surface area contributed by atoms with Gasteiger partial charge in [-0.1, -0.05) is 0 Å². The average molecular weight is 319 g/mol. The van der Waals surface area contributed by atoms with E-state index in [9.17, 15) is 9.59 Å². The van der Waals surface area contributed by atoms with Crippen molar-refractivity contribution in [2.24, 2.45) is 5.92 Å². The van der Waals surface area contributed by atoms with Gasteiger partial charge in [0.25, 0.3) is 5.91 Å². The minimum atomic E-state index is -0.0880. The number of likely N-dealkylation sites (tertiary alicyclic amines) is 1. The summed E-state index contributed by atoms with van der Waals surface area (Å²) in [5.41, 5.74) is 1.41. The lowest BCUT2D eigenvalue weighted by atomic mass is 10.1. The molecule has 1 aromatic carbocycles. The maximum atomic E-state index is 12.6. The second-order valence-electron chi connectivity index (χ2n) is 5.92. The maximum absolute atomic E-state index is 12.6. The molecule has 0 aliphatic carbocycles. The summed E-state index contributed by atoms with van der Waals surface area (Å²) in [6.07, 6.45) is 1.04. The average Bonchev–Trinajstić information content (AvgIpc) is 2.96. The number of carbonyl (C=O) groups is 2. The molecule has 2 heterocycles. The fraction of sp³-hybridized carbons (Fsp3) is 0.500. The number of hydrogen-bond acceptors (Lipinski definition) is 4. The summed E-state index contributed by atoms with van der Waals surface area (Å²) >= 11 is 1.53. The molecule has 2 amide bonds. The van der Waals surface area contributed by atoms with Crippen LogP contribution in [0.15, 0.2) is 23.1 Å². The Bertz CT molecular complexity index is 605. The molecule has 2 atom stereocenters. The molecule has 1 aromatic rings. The zero-order valence-corrected chi connectivity index (χ0v) is 13.7. The van der Waals surface area contributed by atoms with Crippen LogP contribution in [0.2, 0.25) is 0 Å². The zero-order chi connectivity index (χ0) is 15.7. The van der Waals surface area contributed by atoms with E-state index in [0.717, 1.165) is 36.6 Å². The maximum Gasteiger partial charge on any atom is 0.253 e. The predicted octanol–water partition coefficient (Wildman–Crippen LogP) is 1.80. The third-order valence-electron chi connectivity index (χ3n) is 4.22. The van der Waals surface area contributed by atoms with E-state index in [1.54, 1.807) is 6.07 Å². The summed E-state index contributed by atoms with van der Waals surface area (Å²) < 4.78 is 0. The molecule has 0 spiro atoms. The van der Waals surface area contributed by atoms with Crippen molar-refractivity contribution in [2.45, 2.75) is 23.5 Å². The largest absolute Gasteiger partial charge is 0.338 e. The van der Waals surface area contributed by atoms with Gasteiger partial charge in [0.15, 0.2) is 0 Å². The monoisotopic (exact) mass is 319 g/mol. The van der Waals surface area contributed by atoms with E-state index in [1.165, 1.54) is 11.8 Å². The molecule has 22 heavy (non-hydrogen) atoms. The quantitative estimate of drug-likeness (QED) is 0.892. The summed E-state index contributed by atoms with van der Waals surface area (Å²) in [6, 6.07) is 5.61. The number of amides is 2. The Morgan fingerprint density at radius 1 is 1.50 bits per heavy atom. The van der Waals surface area contributed by atoms with Crippen molar-refractivity contribution in [3.05, 3.63) is 23.8 Å². The van der Waals surface area contributed by atoms with Crippen molar-refractivity contribution >= 4 is 29.3 Å². The van der Waals surface area contributed by atoms with Gasteiger partial charge in [-0.3, -0.25) is 9.59 Å². The third kappa shape index (κ3) is 2.98. The lowest BCUT2D eigenvalue weighted by Gasteiger charge is -2.23. The molecule has 2 unspecified atom stereocenters. The van der Waals surface area contributed by atoms with E-state index in [2.05, 4.69) is 10.6 Å². The van der Waals surface area contributed by atoms with Crippen molar-refractivity contribution in [1.82, 2.24) is 10.2 Å². The number of thioether (sulfide) groups is 1. The second-order valence-corrected chi connectivity index (χ2v) is 7.31. The number of benzene rings is 1. The van der Waals surface area contributed by atoms with E-state index in [4.69, 9.17) is 0 Å². The highest BCUT2D eigenvalue weighted by Gasteiger charge is 2.28. The van der Waals surface area contributed by atoms with E-state index in [0.29, 0.717) is 11.5 Å². The van der Waals surface area contributed by atoms with Gasteiger partial charge in [-0.15, -0.1) is 11.8 Å². The Hall–Kier alpha value is -1.53. The summed E-state index contributed by atoms with van der Waals surface area (Å²) in [7, 11) is 1.94. The van der Waals surface area contributed by atoms with Gasteiger partial charge >= 0.3 is 0 Å². The summed E-state index contributed by atoms with van der Waals surface area (Å²) in [6.45, 7) is 4.43. The highest BCUT2D eigenvalue weighted by atomic mass is 32.2. The molecule has 2 aliphatic heterocycles. The number of carbonyl (C=O) groups excluding carboxylic acids is 2. The number of hydrogen-bond donors (Lipinski definition) is 2. The van der Waals surface area contributed by atoms with Gasteiger partial charge in [0, 0.05) is 23.5 Å². The molecule has 5 nitrogen and oxygen atoms in total. The number of rotatable bonds is 3. The van der Waals surface area contributed by atoms with E-state index in [1.807, 2.05) is 31.0 Å². The van der Waals surface area contributed by atoms with Crippen molar-refractivity contribution in [3.8, 4) is 0 Å². The topological polar surface area (TPSA) is 61.4 Å². The van der Waals surface area contributed by atoms with Crippen LogP contribution in [-0.2, 0) is 4.79 Å². The van der Waals surface area contributed by atoms with Crippen molar-refractivity contribution in [1.29, 1.82) is 0 Å². The first-order valence-electron chi connectivity index (χ1n) is 7.64. The van der Waals surface area contributed by atoms with E-state index < -0.39 is 0 Å². The lowest BCUT2D eigenvalue weighted by molar-refractivity contribution is -0.115. The normalized spacial score (nSPS) is 24.1. The zero-order valence-electron chi connectivity index (χ0n) is 12.9. The number of anilines is 1. The Balaban J connectivity index is 1.74. The minimum Gasteiger partial charge on any atom is -0.338 e. The summed E-state index contributed by atoms with van der Waals surface area (Å²) in [4.78, 5) is 27.3. The molecular weight excluding hydrogens is 298 g/mol. The van der Waals surface area contributed by atoms with Crippen LogP contribution in [-0.4, -0.2) is 48.6 Å². The van der Waals surface area contributed by atoms with E-state index >= 15 is 0 Å². The number of nitrogens with one attached hydrogen (secondary N) is 2. The van der Waals surface area contributed by atoms with E-state index in [-0.39, 0.29) is 17.1 Å². The standard InChI is InChI=1S/C16H21N3O2S/c1-10-15(20)18-13-7-12(3-4-14(13)22-10)16(21)19-6-5-11(9-19)8-17-2/h3-4,7,10-11,17H,5-6,8-9H2,1-2H3,(H,18,20). The third-order valence-corrected chi connectivity index (χ3v) is 5.40. The van der Waals surface area contributed by atoms with Crippen molar-refractivity contribution in [3.63, 3.8) is 0 Å². The van der Waals surface area contributed by atoms with Gasteiger partial charge in [-0.25, -0.2) is 0 Å². The molecule has 118 valence electrons. The minimum absolute atomic E-state index is 0.00245. The van der Waals surface area contributed by atoms with Crippen molar-refractivity contribution < 1.29 is 9.59 Å². The fourth-order valence-electron chi connectivity index (χ4n) is 3.00. The van der Waals surface area contributed by atoms with Crippen LogP contribution in [0.4, 0.5) is 5.69 Å². The first-order chi connectivity index (χ1) is 10.6. The molecule has 0 saturated carbocycles. The summed E-state index contributed by atoms with van der Waals surface area (Å²) in [5, 5.41) is 5.97. The molecule has 0 bridgehead atoms. The van der Waals surface area contributed by atoms with Gasteiger partial charge in [0.1, 0.15) is 0 Å². The van der Waals surface area contributed by atoms with Crippen LogP contribution in [0.3, 0.4) is 0 Å². The first kappa shape index (κ1) is 15.4. The van der Waals surface area contributed by atoms with Crippen LogP contribution >= 0.6 is 11.8 Å². The molecule has 3 rings (SSSR count). The van der Waals surface area contributed by atoms with Gasteiger partial charge in [0.2, 0.25) is 5.91 Å². The molecule has 2 aliphatic rings. The molecule has 2 N–H and O–H groups in total. The summed E-state index contributed by atoms with van der Waals surface area (Å²) in [5.74, 6) is 0.583. The molecule has 0 radical (unpaired) electrons. The molecule has 1 fully saturated rings. The first-order valence-corrected chi connectivity index (χ1v) is 8.52. The van der Waals surface area contributed by atoms with Gasteiger partial charge in [-0.05, 0) is 51.1 Å². The molecular formula is C16H21N3O2S. The van der Waals surface area contributed by atoms with Crippen molar-refractivity contribution in [2.75, 3.05) is 32.0 Å². The highest BCUT2D eigenvalue weighted by molar-refractivity contribution is 8.00. The smallest absolute Gasteiger partial charge is 0.253 e. The van der Waals surface area contributed by atoms with Gasteiger partial charge in [-0.2, -0.15) is 0 Å². The number of fused-ring (bicyclic) bond motifs is 1. The highest BCUT2D eigenvalue weighted by Crippen LogP contribution is 2.36.